The standard InChI is InChI=1S/C33H34N2O4S/c1-23(36)39-31-14-8-13-26-21-29(30(37)22-28(26)31)33(38)34-17-20-35-18-15-27(16-19-35)40-32(24-9-4-2-5-10-24)25-11-6-3-7-12-25/h2-14,21-22,27,32,37H,15-20H2,1H3,(H,34,38). The van der Waals surface area contributed by atoms with E-state index in [1.54, 1.807) is 18.2 Å². The average Bonchev–Trinajstić information content (AvgIpc) is 2.97. The maximum Gasteiger partial charge on any atom is 0.308 e. The van der Waals surface area contributed by atoms with Crippen molar-refractivity contribution in [1.29, 1.82) is 0 Å². The summed E-state index contributed by atoms with van der Waals surface area (Å²) in [6.45, 7) is 4.56. The molecule has 0 unspecified atom stereocenters. The third-order valence-corrected chi connectivity index (χ3v) is 8.91. The summed E-state index contributed by atoms with van der Waals surface area (Å²) in [6.07, 6.45) is 2.20. The van der Waals surface area contributed by atoms with E-state index in [1.807, 2.05) is 6.07 Å². The maximum absolute atomic E-state index is 12.9. The van der Waals surface area contributed by atoms with Gasteiger partial charge >= 0.3 is 5.97 Å². The number of phenols is 1. The van der Waals surface area contributed by atoms with Crippen molar-refractivity contribution >= 4 is 34.4 Å². The minimum Gasteiger partial charge on any atom is -0.507 e. The number of piperidine rings is 1. The first kappa shape index (κ1) is 27.7. The quantitative estimate of drug-likeness (QED) is 0.190. The summed E-state index contributed by atoms with van der Waals surface area (Å²) < 4.78 is 5.23. The molecule has 7 heteroatoms. The maximum atomic E-state index is 12.9. The van der Waals surface area contributed by atoms with Crippen LogP contribution in [0.15, 0.2) is 91.0 Å². The fourth-order valence-electron chi connectivity index (χ4n) is 5.20. The van der Waals surface area contributed by atoms with Crippen molar-refractivity contribution in [2.75, 3.05) is 26.2 Å². The van der Waals surface area contributed by atoms with Gasteiger partial charge in [0.05, 0.1) is 10.8 Å². The van der Waals surface area contributed by atoms with Gasteiger partial charge in [0.1, 0.15) is 11.5 Å². The molecule has 1 fully saturated rings. The molecule has 6 nitrogen and oxygen atoms in total. The Morgan fingerprint density at radius 3 is 2.23 bits per heavy atom. The molecular formula is C33H34N2O4S. The van der Waals surface area contributed by atoms with Crippen LogP contribution in [-0.2, 0) is 4.79 Å². The first-order valence-corrected chi connectivity index (χ1v) is 14.6. The minimum absolute atomic E-state index is 0.145. The van der Waals surface area contributed by atoms with Crippen molar-refractivity contribution in [3.8, 4) is 11.5 Å². The van der Waals surface area contributed by atoms with Crippen molar-refractivity contribution in [2.24, 2.45) is 0 Å². The molecule has 0 radical (unpaired) electrons. The Hall–Kier alpha value is -3.81. The SMILES string of the molecule is CC(=O)Oc1cccc2cc(C(=O)NCCN3CCC(SC(c4ccccc4)c4ccccc4)CC3)c(O)cc12. The third-order valence-electron chi connectivity index (χ3n) is 7.24. The smallest absolute Gasteiger partial charge is 0.308 e. The number of fused-ring (bicyclic) bond motifs is 1. The van der Waals surface area contributed by atoms with E-state index in [4.69, 9.17) is 4.74 Å². The van der Waals surface area contributed by atoms with E-state index in [1.165, 1.54) is 24.1 Å². The van der Waals surface area contributed by atoms with Gasteiger partial charge in [-0.1, -0.05) is 72.8 Å². The normalized spacial score (nSPS) is 14.3. The molecule has 206 valence electrons. The number of carbonyl (C=O) groups is 2. The highest BCUT2D eigenvalue weighted by atomic mass is 32.2. The number of thioether (sulfide) groups is 1. The Kier molecular flexibility index (Phi) is 9.04. The summed E-state index contributed by atoms with van der Waals surface area (Å²) in [5.41, 5.74) is 2.88. The number of hydrogen-bond donors (Lipinski definition) is 2. The van der Waals surface area contributed by atoms with Crippen molar-refractivity contribution in [2.45, 2.75) is 30.3 Å². The number of carbonyl (C=O) groups excluding carboxylic acids is 2. The monoisotopic (exact) mass is 554 g/mol. The number of nitrogens with one attached hydrogen (secondary N) is 1. The van der Waals surface area contributed by atoms with Crippen molar-refractivity contribution in [1.82, 2.24) is 10.2 Å². The van der Waals surface area contributed by atoms with Crippen LogP contribution in [0.3, 0.4) is 0 Å². The van der Waals surface area contributed by atoms with Crippen LogP contribution in [0.4, 0.5) is 0 Å². The first-order chi connectivity index (χ1) is 19.5. The van der Waals surface area contributed by atoms with E-state index < -0.39 is 5.97 Å². The lowest BCUT2D eigenvalue weighted by molar-refractivity contribution is -0.131. The third kappa shape index (κ3) is 6.84. The van der Waals surface area contributed by atoms with Crippen LogP contribution >= 0.6 is 11.8 Å². The molecule has 1 heterocycles. The first-order valence-electron chi connectivity index (χ1n) is 13.7. The number of hydrogen-bond acceptors (Lipinski definition) is 6. The van der Waals surface area contributed by atoms with Gasteiger partial charge in [0.15, 0.2) is 0 Å². The van der Waals surface area contributed by atoms with Crippen molar-refractivity contribution < 1.29 is 19.4 Å². The zero-order chi connectivity index (χ0) is 27.9. The van der Waals surface area contributed by atoms with Gasteiger partial charge in [-0.05, 0) is 60.6 Å². The van der Waals surface area contributed by atoms with Crippen LogP contribution in [0.5, 0.6) is 11.5 Å². The zero-order valence-corrected chi connectivity index (χ0v) is 23.4. The molecule has 1 amide bonds. The summed E-state index contributed by atoms with van der Waals surface area (Å²) in [6, 6.07) is 29.8. The van der Waals surface area contributed by atoms with Crippen LogP contribution in [0, 0.1) is 0 Å². The largest absolute Gasteiger partial charge is 0.507 e. The molecule has 0 aromatic heterocycles. The Morgan fingerprint density at radius 2 is 1.60 bits per heavy atom. The summed E-state index contributed by atoms with van der Waals surface area (Å²) in [7, 11) is 0. The topological polar surface area (TPSA) is 78.9 Å². The van der Waals surface area contributed by atoms with E-state index in [-0.39, 0.29) is 17.2 Å². The number of phenolic OH excluding ortho intramolecular Hbond substituents is 1. The molecule has 1 saturated heterocycles. The van der Waals surface area contributed by atoms with Crippen molar-refractivity contribution in [3.05, 3.63) is 108 Å². The molecule has 4 aromatic rings. The Bertz CT molecular complexity index is 1410. The molecule has 40 heavy (non-hydrogen) atoms. The summed E-state index contributed by atoms with van der Waals surface area (Å²) in [5, 5.41) is 15.7. The fraction of sp³-hybridized carbons (Fsp3) is 0.273. The number of ether oxygens (including phenoxy) is 1. The number of likely N-dealkylation sites (tertiary alicyclic amines) is 1. The summed E-state index contributed by atoms with van der Waals surface area (Å²) in [4.78, 5) is 26.7. The number of amides is 1. The average molecular weight is 555 g/mol. The molecule has 0 saturated carbocycles. The van der Waals surface area contributed by atoms with Gasteiger partial charge in [0.25, 0.3) is 5.91 Å². The lowest BCUT2D eigenvalue weighted by Gasteiger charge is -2.33. The number of esters is 1. The lowest BCUT2D eigenvalue weighted by atomic mass is 10.0. The number of nitrogens with zero attached hydrogens (tertiary/aromatic N) is 1. The Balaban J connectivity index is 1.13. The molecular weight excluding hydrogens is 520 g/mol. The van der Waals surface area contributed by atoms with Gasteiger partial charge in [-0.15, -0.1) is 11.8 Å². The molecule has 0 atom stereocenters. The summed E-state index contributed by atoms with van der Waals surface area (Å²) in [5.74, 6) is -0.554. The molecule has 0 bridgehead atoms. The van der Waals surface area contributed by atoms with Gasteiger partial charge in [-0.25, -0.2) is 0 Å². The molecule has 1 aliphatic heterocycles. The number of rotatable bonds is 9. The number of benzene rings is 4. The second-order valence-electron chi connectivity index (χ2n) is 10.1. The van der Waals surface area contributed by atoms with Gasteiger partial charge in [0.2, 0.25) is 0 Å². The molecule has 4 aromatic carbocycles. The van der Waals surface area contributed by atoms with Crippen LogP contribution in [0.2, 0.25) is 0 Å². The number of aromatic hydroxyl groups is 1. The second-order valence-corrected chi connectivity index (χ2v) is 11.5. The minimum atomic E-state index is -0.441. The highest BCUT2D eigenvalue weighted by Crippen LogP contribution is 2.41. The summed E-state index contributed by atoms with van der Waals surface area (Å²) >= 11 is 2.05. The molecule has 0 spiro atoms. The van der Waals surface area contributed by atoms with E-state index in [0.29, 0.717) is 33.6 Å². The van der Waals surface area contributed by atoms with Crippen LogP contribution in [0.25, 0.3) is 10.8 Å². The lowest BCUT2D eigenvalue weighted by Crippen LogP contribution is -2.40. The molecule has 0 aliphatic carbocycles. The highest BCUT2D eigenvalue weighted by molar-refractivity contribution is 8.00. The molecule has 1 aliphatic rings. The Labute approximate surface area is 239 Å². The van der Waals surface area contributed by atoms with E-state index in [2.05, 4.69) is 82.6 Å². The predicted molar refractivity (Wildman–Crippen MR) is 161 cm³/mol. The van der Waals surface area contributed by atoms with Crippen molar-refractivity contribution in [3.63, 3.8) is 0 Å². The molecule has 2 N–H and O–H groups in total. The van der Waals surface area contributed by atoms with E-state index in [9.17, 15) is 14.7 Å². The zero-order valence-electron chi connectivity index (χ0n) is 22.6. The van der Waals surface area contributed by atoms with Gasteiger partial charge in [-0.3, -0.25) is 9.59 Å². The second kappa shape index (κ2) is 13.0. The van der Waals surface area contributed by atoms with Gasteiger partial charge in [0, 0.05) is 30.6 Å². The van der Waals surface area contributed by atoms with E-state index >= 15 is 0 Å². The highest BCUT2D eigenvalue weighted by Gasteiger charge is 2.25. The molecule has 5 rings (SSSR count). The Morgan fingerprint density at radius 1 is 0.950 bits per heavy atom. The van der Waals surface area contributed by atoms with Crippen LogP contribution in [-0.4, -0.2) is 53.3 Å². The fourth-order valence-corrected chi connectivity index (χ4v) is 6.70. The van der Waals surface area contributed by atoms with E-state index in [0.717, 1.165) is 32.5 Å². The predicted octanol–water partition coefficient (Wildman–Crippen LogP) is 6.19. The van der Waals surface area contributed by atoms with Crippen LogP contribution in [0.1, 0.15) is 46.5 Å². The van der Waals surface area contributed by atoms with Gasteiger partial charge < -0.3 is 20.1 Å². The van der Waals surface area contributed by atoms with Crippen LogP contribution < -0.4 is 10.1 Å². The van der Waals surface area contributed by atoms with Gasteiger partial charge in [-0.2, -0.15) is 0 Å².